The summed E-state index contributed by atoms with van der Waals surface area (Å²) in [6, 6.07) is 0.691. The second-order valence-corrected chi connectivity index (χ2v) is 7.63. The fourth-order valence-corrected chi connectivity index (χ4v) is 4.11. The van der Waals surface area contributed by atoms with Gasteiger partial charge < -0.3 is 5.11 Å². The maximum atomic E-state index is 12.6. The van der Waals surface area contributed by atoms with Crippen molar-refractivity contribution in [3.05, 3.63) is 12.4 Å². The monoisotopic (exact) mass is 314 g/mol. The van der Waals surface area contributed by atoms with Crippen LogP contribution < -0.4 is 0 Å². The van der Waals surface area contributed by atoms with Crippen LogP contribution in [0, 0.1) is 0 Å². The average Bonchev–Trinajstić information content (AvgIpc) is 3.23. The molecule has 0 bridgehead atoms. The first-order valence-electron chi connectivity index (χ1n) is 7.49. The largest absolute Gasteiger partial charge is 0.396 e. The highest BCUT2D eigenvalue weighted by atomic mass is 32.2. The predicted octanol–water partition coefficient (Wildman–Crippen LogP) is -0.266. The number of aromatic nitrogens is 2. The van der Waals surface area contributed by atoms with Crippen molar-refractivity contribution in [1.82, 2.24) is 19.0 Å². The Bertz CT molecular complexity index is 574. The molecule has 1 aromatic heterocycles. The molecule has 0 spiro atoms. The van der Waals surface area contributed by atoms with E-state index in [1.807, 2.05) is 0 Å². The van der Waals surface area contributed by atoms with Crippen LogP contribution in [0.15, 0.2) is 17.3 Å². The molecule has 0 amide bonds. The number of sulfonamides is 1. The van der Waals surface area contributed by atoms with Gasteiger partial charge in [-0.2, -0.15) is 9.40 Å². The first-order chi connectivity index (χ1) is 10.1. The Morgan fingerprint density at radius 2 is 1.95 bits per heavy atom. The summed E-state index contributed by atoms with van der Waals surface area (Å²) in [7, 11) is -3.43. The molecule has 7 nitrogen and oxygen atoms in total. The smallest absolute Gasteiger partial charge is 0.246 e. The lowest BCUT2D eigenvalue weighted by molar-refractivity contribution is 0.180. The molecular weight excluding hydrogens is 292 g/mol. The predicted molar refractivity (Wildman–Crippen MR) is 77.3 cm³/mol. The van der Waals surface area contributed by atoms with E-state index in [1.165, 1.54) is 19.0 Å². The molecule has 0 unspecified atom stereocenters. The Morgan fingerprint density at radius 1 is 1.24 bits per heavy atom. The van der Waals surface area contributed by atoms with E-state index in [4.69, 9.17) is 5.11 Å². The van der Waals surface area contributed by atoms with Gasteiger partial charge in [-0.3, -0.25) is 9.58 Å². The van der Waals surface area contributed by atoms with Gasteiger partial charge in [-0.05, 0) is 19.3 Å². The minimum Gasteiger partial charge on any atom is -0.396 e. The van der Waals surface area contributed by atoms with Gasteiger partial charge in [0, 0.05) is 51.6 Å². The molecule has 8 heteroatoms. The molecule has 21 heavy (non-hydrogen) atoms. The minimum atomic E-state index is -3.43. The molecule has 1 aromatic rings. The van der Waals surface area contributed by atoms with E-state index in [0.717, 1.165) is 13.1 Å². The summed E-state index contributed by atoms with van der Waals surface area (Å²) in [6.07, 6.45) is 6.04. The number of aliphatic hydroxyl groups excluding tert-OH is 1. The van der Waals surface area contributed by atoms with E-state index in [1.54, 1.807) is 15.2 Å². The lowest BCUT2D eigenvalue weighted by atomic mass is 10.3. The Morgan fingerprint density at radius 3 is 2.57 bits per heavy atom. The zero-order valence-corrected chi connectivity index (χ0v) is 12.9. The average molecular weight is 314 g/mol. The molecule has 1 saturated heterocycles. The fourth-order valence-electron chi connectivity index (χ4n) is 2.73. The molecule has 1 saturated carbocycles. The molecule has 118 valence electrons. The summed E-state index contributed by atoms with van der Waals surface area (Å²) < 4.78 is 28.3. The summed E-state index contributed by atoms with van der Waals surface area (Å²) in [5.41, 5.74) is 0. The fraction of sp³-hybridized carbons (Fsp3) is 0.769. The van der Waals surface area contributed by atoms with Gasteiger partial charge in [-0.25, -0.2) is 8.42 Å². The summed E-state index contributed by atoms with van der Waals surface area (Å²) in [5, 5.41) is 12.9. The first-order valence-corrected chi connectivity index (χ1v) is 8.93. The van der Waals surface area contributed by atoms with Crippen molar-refractivity contribution in [2.24, 2.45) is 0 Å². The molecule has 1 N–H and O–H groups in total. The highest BCUT2D eigenvalue weighted by Crippen LogP contribution is 2.28. The van der Waals surface area contributed by atoms with E-state index in [-0.39, 0.29) is 11.5 Å². The van der Waals surface area contributed by atoms with Crippen molar-refractivity contribution in [3.63, 3.8) is 0 Å². The number of nitrogens with zero attached hydrogens (tertiary/aromatic N) is 4. The molecule has 0 aromatic carbocycles. The molecule has 1 aliphatic carbocycles. The van der Waals surface area contributed by atoms with Gasteiger partial charge in [-0.15, -0.1) is 0 Å². The van der Waals surface area contributed by atoms with Gasteiger partial charge in [0.1, 0.15) is 4.90 Å². The highest BCUT2D eigenvalue weighted by molar-refractivity contribution is 7.89. The van der Waals surface area contributed by atoms with Crippen LogP contribution >= 0.6 is 0 Å². The number of aryl methyl sites for hydroxylation is 1. The van der Waals surface area contributed by atoms with E-state index < -0.39 is 10.0 Å². The van der Waals surface area contributed by atoms with Gasteiger partial charge in [0.15, 0.2) is 0 Å². The van der Waals surface area contributed by atoms with E-state index in [9.17, 15) is 8.42 Å². The van der Waals surface area contributed by atoms with E-state index in [0.29, 0.717) is 32.1 Å². The van der Waals surface area contributed by atoms with Gasteiger partial charge >= 0.3 is 0 Å². The van der Waals surface area contributed by atoms with Crippen LogP contribution in [-0.2, 0) is 16.6 Å². The third-order valence-corrected chi connectivity index (χ3v) is 5.98. The number of hydrogen-bond acceptors (Lipinski definition) is 5. The molecule has 2 aliphatic rings. The second kappa shape index (κ2) is 6.04. The minimum absolute atomic E-state index is 0.0745. The normalized spacial score (nSPS) is 21.8. The van der Waals surface area contributed by atoms with Gasteiger partial charge in [0.25, 0.3) is 0 Å². The summed E-state index contributed by atoms with van der Waals surface area (Å²) in [5.74, 6) is 0. The van der Waals surface area contributed by atoms with E-state index in [2.05, 4.69) is 10.00 Å². The van der Waals surface area contributed by atoms with Crippen molar-refractivity contribution in [3.8, 4) is 0 Å². The van der Waals surface area contributed by atoms with Gasteiger partial charge in [-0.1, -0.05) is 0 Å². The SMILES string of the molecule is O=S(=O)(c1cnn(CCCO)c1)N1CCN(C2CC2)CC1. The molecule has 3 rings (SSSR count). The van der Waals surface area contributed by atoms with Gasteiger partial charge in [0.05, 0.1) is 6.20 Å². The van der Waals surface area contributed by atoms with Crippen LogP contribution in [0.1, 0.15) is 19.3 Å². The number of piperazine rings is 1. The zero-order chi connectivity index (χ0) is 14.9. The first kappa shape index (κ1) is 15.0. The molecule has 0 radical (unpaired) electrons. The van der Waals surface area contributed by atoms with Crippen molar-refractivity contribution in [2.75, 3.05) is 32.8 Å². The summed E-state index contributed by atoms with van der Waals surface area (Å²) in [4.78, 5) is 2.64. The maximum absolute atomic E-state index is 12.6. The summed E-state index contributed by atoms with van der Waals surface area (Å²) in [6.45, 7) is 3.36. The topological polar surface area (TPSA) is 78.7 Å². The number of rotatable bonds is 6. The third kappa shape index (κ3) is 3.28. The van der Waals surface area contributed by atoms with Crippen LogP contribution in [0.3, 0.4) is 0 Å². The zero-order valence-electron chi connectivity index (χ0n) is 12.1. The van der Waals surface area contributed by atoms with Crippen molar-refractivity contribution < 1.29 is 13.5 Å². The van der Waals surface area contributed by atoms with Crippen LogP contribution in [0.2, 0.25) is 0 Å². The quantitative estimate of drug-likeness (QED) is 0.782. The molecule has 1 aliphatic heterocycles. The molecular formula is C13H22N4O3S. The van der Waals surface area contributed by atoms with Crippen molar-refractivity contribution in [2.45, 2.75) is 36.7 Å². The molecule has 2 fully saturated rings. The highest BCUT2D eigenvalue weighted by Gasteiger charge is 2.35. The Kier molecular flexibility index (Phi) is 4.30. The van der Waals surface area contributed by atoms with Crippen LogP contribution in [0.5, 0.6) is 0 Å². The molecule has 2 heterocycles. The lowest BCUT2D eigenvalue weighted by Gasteiger charge is -2.33. The molecule has 0 atom stereocenters. The van der Waals surface area contributed by atoms with Crippen molar-refractivity contribution in [1.29, 1.82) is 0 Å². The third-order valence-electron chi connectivity index (χ3n) is 4.13. The van der Waals surface area contributed by atoms with Gasteiger partial charge in [0.2, 0.25) is 10.0 Å². The Hall–Kier alpha value is -0.960. The maximum Gasteiger partial charge on any atom is 0.246 e. The Labute approximate surface area is 125 Å². The Balaban J connectivity index is 1.64. The summed E-state index contributed by atoms with van der Waals surface area (Å²) >= 11 is 0. The number of hydrogen-bond donors (Lipinski definition) is 1. The van der Waals surface area contributed by atoms with Crippen molar-refractivity contribution >= 4 is 10.0 Å². The van der Waals surface area contributed by atoms with Crippen LogP contribution in [0.25, 0.3) is 0 Å². The number of aliphatic hydroxyl groups is 1. The van der Waals surface area contributed by atoms with Crippen LogP contribution in [-0.4, -0.2) is 71.3 Å². The second-order valence-electron chi connectivity index (χ2n) is 5.69. The van der Waals surface area contributed by atoms with Crippen LogP contribution in [0.4, 0.5) is 0 Å². The lowest BCUT2D eigenvalue weighted by Crippen LogP contribution is -2.49. The van der Waals surface area contributed by atoms with E-state index >= 15 is 0 Å². The standard InChI is InChI=1S/C13H22N4O3S/c18-9-1-4-16-11-13(10-14-16)21(19,20)17-7-5-15(6-8-17)12-2-3-12/h10-12,18H,1-9H2.